The van der Waals surface area contributed by atoms with E-state index in [2.05, 4.69) is 25.8 Å². The average Bonchev–Trinajstić information content (AvgIpc) is 2.92. The lowest BCUT2D eigenvalue weighted by molar-refractivity contribution is -0.142. The fourth-order valence-corrected chi connectivity index (χ4v) is 4.73. The Labute approximate surface area is 234 Å². The summed E-state index contributed by atoms with van der Waals surface area (Å²) in [7, 11) is 0. The highest BCUT2D eigenvalue weighted by atomic mass is 35.5. The van der Waals surface area contributed by atoms with E-state index >= 15 is 0 Å². The predicted octanol–water partition coefficient (Wildman–Crippen LogP) is 2.89. The number of hydrogen-bond donors (Lipinski definition) is 2. The normalized spacial score (nSPS) is 13.9. The van der Waals surface area contributed by atoms with Crippen LogP contribution in [0.1, 0.15) is 40.1 Å². The van der Waals surface area contributed by atoms with E-state index in [9.17, 15) is 19.2 Å². The Morgan fingerprint density at radius 2 is 1.75 bits per heavy atom. The summed E-state index contributed by atoms with van der Waals surface area (Å²) in [5.74, 6) is -1.25. The molecule has 3 aromatic heterocycles. The van der Waals surface area contributed by atoms with Crippen molar-refractivity contribution in [3.8, 4) is 0 Å². The van der Waals surface area contributed by atoms with Crippen LogP contribution in [0.4, 0.5) is 5.82 Å². The van der Waals surface area contributed by atoms with Crippen LogP contribution in [0.3, 0.4) is 0 Å². The number of halogens is 1. The maximum absolute atomic E-state index is 13.6. The number of carbonyl (C=O) groups is 3. The van der Waals surface area contributed by atoms with Crippen LogP contribution < -0.4 is 16.2 Å². The van der Waals surface area contributed by atoms with Crippen molar-refractivity contribution in [2.75, 3.05) is 18.4 Å². The van der Waals surface area contributed by atoms with E-state index in [1.165, 1.54) is 24.5 Å². The standard InChI is InChI=1S/C28H26ClN7O4/c1-28(2)15-35(16-28)23(37)14-36-24-20(19(9-11-30-24)26(39)33-22-4-3-10-32-34-22)12-21(27(36)40)25(38)31-13-17-5-7-18(29)8-6-17/h3-12H,13-16H2,1-2H3,(H,31,38)(H,33,34,39). The number of anilines is 1. The number of hydrogen-bond acceptors (Lipinski definition) is 7. The summed E-state index contributed by atoms with van der Waals surface area (Å²) in [6.45, 7) is 5.02. The van der Waals surface area contributed by atoms with Crippen LogP contribution in [0.5, 0.6) is 0 Å². The number of pyridine rings is 2. The van der Waals surface area contributed by atoms with Crippen molar-refractivity contribution < 1.29 is 14.4 Å². The van der Waals surface area contributed by atoms with Crippen molar-refractivity contribution in [3.63, 3.8) is 0 Å². The first-order valence-electron chi connectivity index (χ1n) is 12.5. The van der Waals surface area contributed by atoms with Crippen molar-refractivity contribution in [2.24, 2.45) is 5.41 Å². The fraction of sp³-hybridized carbons (Fsp3) is 0.250. The largest absolute Gasteiger partial charge is 0.348 e. The van der Waals surface area contributed by atoms with E-state index < -0.39 is 17.4 Å². The number of aromatic nitrogens is 4. The Kier molecular flexibility index (Phi) is 7.31. The second kappa shape index (κ2) is 10.9. The third-order valence-corrected chi connectivity index (χ3v) is 6.79. The number of benzene rings is 1. The Morgan fingerprint density at radius 1 is 1.00 bits per heavy atom. The van der Waals surface area contributed by atoms with Crippen molar-refractivity contribution in [1.82, 2.24) is 30.0 Å². The molecule has 1 aromatic carbocycles. The SMILES string of the molecule is CC1(C)CN(C(=O)Cn2c(=O)c(C(=O)NCc3ccc(Cl)cc3)cc3c(C(=O)Nc4cccnn4)ccnc32)C1. The highest BCUT2D eigenvalue weighted by Gasteiger charge is 2.37. The van der Waals surface area contributed by atoms with Gasteiger partial charge in [0.25, 0.3) is 17.4 Å². The van der Waals surface area contributed by atoms with Gasteiger partial charge in [-0.15, -0.1) is 5.10 Å². The summed E-state index contributed by atoms with van der Waals surface area (Å²) in [4.78, 5) is 59.1. The fourth-order valence-electron chi connectivity index (χ4n) is 4.60. The molecule has 0 radical (unpaired) electrons. The number of fused-ring (bicyclic) bond motifs is 1. The minimum Gasteiger partial charge on any atom is -0.348 e. The number of likely N-dealkylation sites (tertiary alicyclic amines) is 1. The van der Waals surface area contributed by atoms with Gasteiger partial charge in [-0.25, -0.2) is 4.98 Å². The van der Waals surface area contributed by atoms with Crippen LogP contribution in [-0.4, -0.2) is 55.5 Å². The molecule has 1 fully saturated rings. The molecule has 3 amide bonds. The summed E-state index contributed by atoms with van der Waals surface area (Å²) >= 11 is 5.94. The van der Waals surface area contributed by atoms with Crippen LogP contribution in [-0.2, 0) is 17.9 Å². The van der Waals surface area contributed by atoms with Crippen molar-refractivity contribution in [3.05, 3.63) is 93.0 Å². The van der Waals surface area contributed by atoms with Gasteiger partial charge in [0.2, 0.25) is 5.91 Å². The van der Waals surface area contributed by atoms with Gasteiger partial charge in [-0.05, 0) is 47.4 Å². The number of amides is 3. The lowest BCUT2D eigenvalue weighted by Gasteiger charge is -2.45. The molecular formula is C28H26ClN7O4. The molecule has 0 unspecified atom stereocenters. The molecule has 1 aliphatic rings. The first-order valence-corrected chi connectivity index (χ1v) is 12.9. The van der Waals surface area contributed by atoms with Gasteiger partial charge in [-0.2, -0.15) is 5.10 Å². The topological polar surface area (TPSA) is 139 Å². The summed E-state index contributed by atoms with van der Waals surface area (Å²) in [5.41, 5.74) is 0.122. The third kappa shape index (κ3) is 5.69. The van der Waals surface area contributed by atoms with Gasteiger partial charge in [0.15, 0.2) is 5.82 Å². The molecule has 4 aromatic rings. The van der Waals surface area contributed by atoms with Gasteiger partial charge in [0.1, 0.15) is 17.8 Å². The molecule has 5 rings (SSSR count). The smallest absolute Gasteiger partial charge is 0.265 e. The van der Waals surface area contributed by atoms with Crippen LogP contribution >= 0.6 is 11.6 Å². The molecule has 0 saturated carbocycles. The molecular weight excluding hydrogens is 534 g/mol. The van der Waals surface area contributed by atoms with Gasteiger partial charge in [0, 0.05) is 42.4 Å². The second-order valence-electron chi connectivity index (χ2n) is 10.3. The number of nitrogens with one attached hydrogen (secondary N) is 2. The van der Waals surface area contributed by atoms with Crippen molar-refractivity contribution in [1.29, 1.82) is 0 Å². The van der Waals surface area contributed by atoms with Gasteiger partial charge in [-0.3, -0.25) is 23.7 Å². The van der Waals surface area contributed by atoms with Crippen molar-refractivity contribution >= 4 is 46.2 Å². The van der Waals surface area contributed by atoms with E-state index in [1.54, 1.807) is 41.3 Å². The average molecular weight is 560 g/mol. The van der Waals surface area contributed by atoms with Crippen LogP contribution in [0.15, 0.2) is 65.7 Å². The Morgan fingerprint density at radius 3 is 2.42 bits per heavy atom. The molecule has 1 saturated heterocycles. The van der Waals surface area contributed by atoms with Gasteiger partial charge >= 0.3 is 0 Å². The summed E-state index contributed by atoms with van der Waals surface area (Å²) in [6.07, 6.45) is 2.85. The lowest BCUT2D eigenvalue weighted by atomic mass is 9.84. The molecule has 0 spiro atoms. The molecule has 0 aliphatic carbocycles. The summed E-state index contributed by atoms with van der Waals surface area (Å²) in [6, 6.07) is 12.9. The zero-order valence-electron chi connectivity index (χ0n) is 21.8. The molecule has 12 heteroatoms. The Balaban J connectivity index is 1.53. The minimum atomic E-state index is -0.687. The predicted molar refractivity (Wildman–Crippen MR) is 149 cm³/mol. The summed E-state index contributed by atoms with van der Waals surface area (Å²) < 4.78 is 1.15. The van der Waals surface area contributed by atoms with E-state index in [0.29, 0.717) is 18.1 Å². The van der Waals surface area contributed by atoms with Gasteiger partial charge in [-0.1, -0.05) is 37.6 Å². The van der Waals surface area contributed by atoms with E-state index in [0.717, 1.165) is 10.1 Å². The van der Waals surface area contributed by atoms with E-state index in [1.807, 2.05) is 13.8 Å². The quantitative estimate of drug-likeness (QED) is 0.355. The van der Waals surface area contributed by atoms with Crippen LogP contribution in [0.25, 0.3) is 11.0 Å². The monoisotopic (exact) mass is 559 g/mol. The molecule has 4 heterocycles. The zero-order valence-corrected chi connectivity index (χ0v) is 22.6. The minimum absolute atomic E-state index is 0.00404. The van der Waals surface area contributed by atoms with Crippen molar-refractivity contribution in [2.45, 2.75) is 26.9 Å². The molecule has 40 heavy (non-hydrogen) atoms. The Hall–Kier alpha value is -4.64. The molecule has 1 aliphatic heterocycles. The molecule has 11 nitrogen and oxygen atoms in total. The molecule has 2 N–H and O–H groups in total. The zero-order chi connectivity index (χ0) is 28.4. The molecule has 204 valence electrons. The Bertz CT molecular complexity index is 1660. The lowest BCUT2D eigenvalue weighted by Crippen LogP contribution is -2.56. The summed E-state index contributed by atoms with van der Waals surface area (Å²) in [5, 5.41) is 13.8. The maximum Gasteiger partial charge on any atom is 0.265 e. The maximum atomic E-state index is 13.6. The van der Waals surface area contributed by atoms with Gasteiger partial charge < -0.3 is 15.5 Å². The highest BCUT2D eigenvalue weighted by Crippen LogP contribution is 2.29. The molecule has 0 bridgehead atoms. The number of rotatable bonds is 7. The third-order valence-electron chi connectivity index (χ3n) is 6.54. The van der Waals surface area contributed by atoms with E-state index in [4.69, 9.17) is 11.6 Å². The first-order chi connectivity index (χ1) is 19.1. The molecule has 0 atom stereocenters. The first kappa shape index (κ1) is 26.9. The van der Waals surface area contributed by atoms with Crippen LogP contribution in [0, 0.1) is 5.41 Å². The highest BCUT2D eigenvalue weighted by molar-refractivity contribution is 6.30. The second-order valence-corrected chi connectivity index (χ2v) is 10.8. The number of nitrogens with zero attached hydrogens (tertiary/aromatic N) is 5. The number of carbonyl (C=O) groups excluding carboxylic acids is 3. The van der Waals surface area contributed by atoms with Gasteiger partial charge in [0.05, 0.1) is 5.56 Å². The van der Waals surface area contributed by atoms with E-state index in [-0.39, 0.29) is 52.4 Å². The van der Waals surface area contributed by atoms with Crippen LogP contribution in [0.2, 0.25) is 5.02 Å².